The Morgan fingerprint density at radius 2 is 2.06 bits per heavy atom. The number of rotatable bonds is 4. The number of nitrogens with two attached hydrogens (primary N) is 1. The largest absolute Gasteiger partial charge is 0.377 e. The molecule has 1 heterocycles. The zero-order valence-electron chi connectivity index (χ0n) is 12.0. The molecular formula is C14H28N2O. The van der Waals surface area contributed by atoms with Crippen molar-refractivity contribution in [2.24, 2.45) is 17.1 Å². The Balaban J connectivity index is 2.13. The van der Waals surface area contributed by atoms with Crippen LogP contribution in [0.25, 0.3) is 0 Å². The van der Waals surface area contributed by atoms with E-state index in [0.717, 1.165) is 26.1 Å². The fraction of sp³-hybridized carbons (Fsp3) is 1.00. The van der Waals surface area contributed by atoms with E-state index in [-0.39, 0.29) is 11.0 Å². The molecule has 2 aliphatic rings. The van der Waals surface area contributed by atoms with Crippen LogP contribution in [0.5, 0.6) is 0 Å². The molecule has 0 amide bonds. The van der Waals surface area contributed by atoms with Gasteiger partial charge in [-0.15, -0.1) is 0 Å². The van der Waals surface area contributed by atoms with Crippen LogP contribution >= 0.6 is 0 Å². The molecule has 1 aliphatic heterocycles. The highest BCUT2D eigenvalue weighted by Crippen LogP contribution is 2.58. The maximum atomic E-state index is 6.76. The van der Waals surface area contributed by atoms with Gasteiger partial charge in [-0.2, -0.15) is 0 Å². The molecular weight excluding hydrogens is 212 g/mol. The van der Waals surface area contributed by atoms with Gasteiger partial charge in [-0.1, -0.05) is 20.8 Å². The summed E-state index contributed by atoms with van der Waals surface area (Å²) in [5, 5.41) is 0. The number of ether oxygens (including phenoxy) is 1. The van der Waals surface area contributed by atoms with Crippen LogP contribution in [0.4, 0.5) is 0 Å². The predicted octanol–water partition coefficient (Wildman–Crippen LogP) is 1.86. The van der Waals surface area contributed by atoms with E-state index < -0.39 is 0 Å². The molecule has 2 N–H and O–H groups in total. The van der Waals surface area contributed by atoms with E-state index >= 15 is 0 Å². The molecule has 1 saturated heterocycles. The van der Waals surface area contributed by atoms with Crippen molar-refractivity contribution in [3.05, 3.63) is 0 Å². The van der Waals surface area contributed by atoms with E-state index in [4.69, 9.17) is 10.5 Å². The highest BCUT2D eigenvalue weighted by Gasteiger charge is 2.67. The van der Waals surface area contributed by atoms with Gasteiger partial charge in [0.15, 0.2) is 0 Å². The molecule has 0 radical (unpaired) electrons. The molecule has 0 aromatic heterocycles. The van der Waals surface area contributed by atoms with Gasteiger partial charge in [0.05, 0.1) is 6.10 Å². The first-order valence-electron chi connectivity index (χ1n) is 6.99. The predicted molar refractivity (Wildman–Crippen MR) is 70.9 cm³/mol. The Kier molecular flexibility index (Phi) is 3.30. The first-order valence-corrected chi connectivity index (χ1v) is 6.99. The lowest BCUT2D eigenvalue weighted by molar-refractivity contribution is -0.164. The van der Waals surface area contributed by atoms with Crippen molar-refractivity contribution in [1.29, 1.82) is 0 Å². The van der Waals surface area contributed by atoms with Crippen LogP contribution in [0, 0.1) is 11.3 Å². The van der Waals surface area contributed by atoms with Gasteiger partial charge in [0.1, 0.15) is 0 Å². The van der Waals surface area contributed by atoms with Gasteiger partial charge < -0.3 is 10.5 Å². The van der Waals surface area contributed by atoms with E-state index in [9.17, 15) is 0 Å². The third-order valence-electron chi connectivity index (χ3n) is 5.27. The van der Waals surface area contributed by atoms with E-state index in [1.807, 2.05) is 0 Å². The van der Waals surface area contributed by atoms with E-state index in [1.165, 1.54) is 0 Å². The van der Waals surface area contributed by atoms with Crippen molar-refractivity contribution >= 4 is 0 Å². The van der Waals surface area contributed by atoms with Crippen LogP contribution in [0.2, 0.25) is 0 Å². The number of nitrogens with zero attached hydrogens (tertiary/aromatic N) is 1. The molecule has 0 aromatic carbocycles. The Morgan fingerprint density at radius 1 is 1.41 bits per heavy atom. The molecule has 3 heteroatoms. The van der Waals surface area contributed by atoms with Crippen molar-refractivity contribution in [2.45, 2.75) is 58.7 Å². The lowest BCUT2D eigenvalue weighted by Crippen LogP contribution is -2.78. The van der Waals surface area contributed by atoms with Crippen LogP contribution < -0.4 is 5.73 Å². The van der Waals surface area contributed by atoms with E-state index in [2.05, 4.69) is 39.5 Å². The molecule has 1 aliphatic carbocycles. The Labute approximate surface area is 106 Å². The number of hydrogen-bond acceptors (Lipinski definition) is 3. The molecule has 0 aromatic rings. The second kappa shape index (κ2) is 4.22. The van der Waals surface area contributed by atoms with Crippen LogP contribution in [-0.4, -0.2) is 42.3 Å². The Morgan fingerprint density at radius 3 is 2.59 bits per heavy atom. The van der Waals surface area contributed by atoms with Crippen LogP contribution in [-0.2, 0) is 4.74 Å². The van der Waals surface area contributed by atoms with Crippen LogP contribution in [0.15, 0.2) is 0 Å². The molecule has 3 atom stereocenters. The molecule has 17 heavy (non-hydrogen) atoms. The minimum absolute atomic E-state index is 0.0750. The Hall–Kier alpha value is -0.120. The summed E-state index contributed by atoms with van der Waals surface area (Å²) >= 11 is 0. The highest BCUT2D eigenvalue weighted by molar-refractivity contribution is 5.21. The summed E-state index contributed by atoms with van der Waals surface area (Å²) in [5.74, 6) is 0.560. The van der Waals surface area contributed by atoms with E-state index in [1.54, 1.807) is 0 Å². The third kappa shape index (κ3) is 1.74. The minimum atomic E-state index is -0.0750. The molecule has 1 saturated carbocycles. The summed E-state index contributed by atoms with van der Waals surface area (Å²) in [6, 6.07) is 0.567. The molecule has 0 bridgehead atoms. The van der Waals surface area contributed by atoms with Crippen LogP contribution in [0.3, 0.4) is 0 Å². The van der Waals surface area contributed by atoms with Crippen LogP contribution in [0.1, 0.15) is 41.0 Å². The molecule has 2 rings (SSSR count). The maximum absolute atomic E-state index is 6.76. The second-order valence-corrected chi connectivity index (χ2v) is 6.61. The smallest absolute Gasteiger partial charge is 0.0691 e. The average Bonchev–Trinajstić information content (AvgIpc) is 2.72. The van der Waals surface area contributed by atoms with Gasteiger partial charge in [-0.3, -0.25) is 4.90 Å². The van der Waals surface area contributed by atoms with Gasteiger partial charge in [0, 0.05) is 36.1 Å². The van der Waals surface area contributed by atoms with Gasteiger partial charge in [-0.25, -0.2) is 0 Å². The quantitative estimate of drug-likeness (QED) is 0.815. The summed E-state index contributed by atoms with van der Waals surface area (Å²) in [4.78, 5) is 2.48. The second-order valence-electron chi connectivity index (χ2n) is 6.61. The summed E-state index contributed by atoms with van der Waals surface area (Å²) < 4.78 is 5.84. The number of fused-ring (bicyclic) bond motifs is 1. The van der Waals surface area contributed by atoms with Crippen molar-refractivity contribution < 1.29 is 4.74 Å². The topological polar surface area (TPSA) is 38.5 Å². The van der Waals surface area contributed by atoms with Gasteiger partial charge in [0.25, 0.3) is 0 Å². The molecule has 3 unspecified atom stereocenters. The molecule has 100 valence electrons. The molecule has 0 spiro atoms. The zero-order valence-corrected chi connectivity index (χ0v) is 12.0. The summed E-state index contributed by atoms with van der Waals surface area (Å²) in [6.07, 6.45) is 1.53. The number of hydrogen-bond donors (Lipinski definition) is 1. The third-order valence-corrected chi connectivity index (χ3v) is 5.27. The monoisotopic (exact) mass is 240 g/mol. The van der Waals surface area contributed by atoms with Gasteiger partial charge in [-0.05, 0) is 26.8 Å². The van der Waals surface area contributed by atoms with Gasteiger partial charge >= 0.3 is 0 Å². The van der Waals surface area contributed by atoms with Crippen molar-refractivity contribution in [2.75, 3.05) is 19.7 Å². The fourth-order valence-corrected chi connectivity index (χ4v) is 3.79. The lowest BCUT2D eigenvalue weighted by atomic mass is 9.48. The minimum Gasteiger partial charge on any atom is -0.377 e. The number of likely N-dealkylation sites (N-methyl/N-ethyl adjacent to an activating group) is 1. The molecule has 2 fully saturated rings. The SMILES string of the molecule is CCN(CC1(N)C2CCOC2C1(C)C)C(C)C. The Bertz CT molecular complexity index is 290. The summed E-state index contributed by atoms with van der Waals surface area (Å²) in [7, 11) is 0. The first kappa shape index (κ1) is 13.3. The summed E-state index contributed by atoms with van der Waals surface area (Å²) in [5.41, 5.74) is 6.79. The zero-order chi connectivity index (χ0) is 12.8. The normalized spacial score (nSPS) is 39.5. The average molecular weight is 240 g/mol. The maximum Gasteiger partial charge on any atom is 0.0691 e. The standard InChI is InChI=1S/C14H28N2O/c1-6-16(10(2)3)9-14(15)11-7-8-17-12(11)13(14,4)5/h10-12H,6-9,15H2,1-5H3. The van der Waals surface area contributed by atoms with Gasteiger partial charge in [0.2, 0.25) is 0 Å². The van der Waals surface area contributed by atoms with E-state index in [0.29, 0.717) is 18.1 Å². The van der Waals surface area contributed by atoms with Crippen molar-refractivity contribution in [1.82, 2.24) is 4.90 Å². The summed E-state index contributed by atoms with van der Waals surface area (Å²) in [6.45, 7) is 14.2. The first-order chi connectivity index (χ1) is 7.84. The lowest BCUT2D eigenvalue weighted by Gasteiger charge is -2.63. The highest BCUT2D eigenvalue weighted by atomic mass is 16.5. The fourth-order valence-electron chi connectivity index (χ4n) is 3.79. The van der Waals surface area contributed by atoms with Crippen molar-refractivity contribution in [3.8, 4) is 0 Å². The van der Waals surface area contributed by atoms with Crippen molar-refractivity contribution in [3.63, 3.8) is 0 Å². The molecule has 3 nitrogen and oxygen atoms in total.